The fraction of sp³-hybridized carbons (Fsp3) is 0.562. The van der Waals surface area contributed by atoms with Gasteiger partial charge >= 0.3 is 0 Å². The van der Waals surface area contributed by atoms with E-state index in [-0.39, 0.29) is 5.91 Å². The molecule has 0 spiro atoms. The summed E-state index contributed by atoms with van der Waals surface area (Å²) in [5.41, 5.74) is 1.25. The summed E-state index contributed by atoms with van der Waals surface area (Å²) >= 11 is 0. The third kappa shape index (κ3) is 5.83. The summed E-state index contributed by atoms with van der Waals surface area (Å²) in [7, 11) is 2.02. The van der Waals surface area contributed by atoms with Gasteiger partial charge < -0.3 is 10.4 Å². The Morgan fingerprint density at radius 3 is 2.86 bits per heavy atom. The maximum absolute atomic E-state index is 11.3. The molecule has 1 aromatic carbocycles. The molecule has 2 N–H and O–H groups in total. The molecule has 5 nitrogen and oxygen atoms in total. The number of hydrogen-bond acceptors (Lipinski definition) is 4. The Morgan fingerprint density at radius 1 is 1.33 bits per heavy atom. The molecular formula is C16H25N3O2. The largest absolute Gasteiger partial charge is 0.390 e. The summed E-state index contributed by atoms with van der Waals surface area (Å²) in [6.07, 6.45) is 0.124. The molecule has 1 aromatic rings. The Labute approximate surface area is 126 Å². The zero-order valence-electron chi connectivity index (χ0n) is 12.7. The van der Waals surface area contributed by atoms with E-state index in [1.807, 2.05) is 25.2 Å². The molecule has 21 heavy (non-hydrogen) atoms. The molecule has 1 amide bonds. The van der Waals surface area contributed by atoms with E-state index >= 15 is 0 Å². The van der Waals surface area contributed by atoms with E-state index < -0.39 is 6.10 Å². The van der Waals surface area contributed by atoms with Crippen molar-refractivity contribution in [1.29, 1.82) is 0 Å². The van der Waals surface area contributed by atoms with Gasteiger partial charge in [0.05, 0.1) is 6.10 Å². The number of amides is 1. The summed E-state index contributed by atoms with van der Waals surface area (Å²) in [4.78, 5) is 15.6. The molecule has 2 rings (SSSR count). The molecule has 0 radical (unpaired) electrons. The van der Waals surface area contributed by atoms with Gasteiger partial charge in [-0.1, -0.05) is 30.3 Å². The van der Waals surface area contributed by atoms with Crippen molar-refractivity contribution in [2.45, 2.75) is 19.1 Å². The quantitative estimate of drug-likeness (QED) is 0.791. The molecule has 1 unspecified atom stereocenters. The first-order chi connectivity index (χ1) is 10.1. The predicted octanol–water partition coefficient (Wildman–Crippen LogP) is 0.301. The van der Waals surface area contributed by atoms with Crippen LogP contribution in [0.15, 0.2) is 30.3 Å². The monoisotopic (exact) mass is 291 g/mol. The molecular weight excluding hydrogens is 266 g/mol. The highest BCUT2D eigenvalue weighted by Crippen LogP contribution is 2.04. The number of nitrogens with one attached hydrogen (secondary N) is 1. The Bertz CT molecular complexity index is 438. The molecule has 5 heteroatoms. The topological polar surface area (TPSA) is 55.8 Å². The molecule has 1 atom stereocenters. The lowest BCUT2D eigenvalue weighted by molar-refractivity contribution is -0.120. The Hall–Kier alpha value is -1.43. The lowest BCUT2D eigenvalue weighted by Crippen LogP contribution is -2.40. The molecule has 1 fully saturated rings. The fourth-order valence-electron chi connectivity index (χ4n) is 2.67. The first kappa shape index (κ1) is 15.9. The minimum absolute atomic E-state index is 0.105. The van der Waals surface area contributed by atoms with Gasteiger partial charge in [-0.3, -0.25) is 14.6 Å². The molecule has 1 aliphatic rings. The van der Waals surface area contributed by atoms with Crippen LogP contribution in [-0.2, 0) is 11.3 Å². The van der Waals surface area contributed by atoms with E-state index in [2.05, 4.69) is 27.2 Å². The highest BCUT2D eigenvalue weighted by molar-refractivity contribution is 5.76. The van der Waals surface area contributed by atoms with Crippen LogP contribution in [0.1, 0.15) is 12.0 Å². The Balaban J connectivity index is 1.73. The number of aliphatic hydroxyl groups excluding tert-OH is 1. The van der Waals surface area contributed by atoms with Crippen molar-refractivity contribution in [3.05, 3.63) is 35.9 Å². The molecule has 0 bridgehead atoms. The van der Waals surface area contributed by atoms with Crippen molar-refractivity contribution >= 4 is 5.91 Å². The standard InChI is InChI=1S/C16H25N3O2/c1-18(11-14-5-3-2-4-6-14)12-15(20)13-19-9-7-16(21)17-8-10-19/h2-6,15,20H,7-13H2,1H3,(H,17,21). The third-order valence-corrected chi connectivity index (χ3v) is 3.69. The van der Waals surface area contributed by atoms with Gasteiger partial charge in [0, 0.05) is 45.7 Å². The van der Waals surface area contributed by atoms with Crippen LogP contribution in [0.25, 0.3) is 0 Å². The number of aliphatic hydroxyl groups is 1. The van der Waals surface area contributed by atoms with Crippen molar-refractivity contribution in [2.75, 3.05) is 39.8 Å². The second-order valence-electron chi connectivity index (χ2n) is 5.74. The summed E-state index contributed by atoms with van der Waals surface area (Å²) in [6, 6.07) is 10.2. The van der Waals surface area contributed by atoms with Gasteiger partial charge in [-0.05, 0) is 12.6 Å². The minimum atomic E-state index is -0.396. The Morgan fingerprint density at radius 2 is 2.10 bits per heavy atom. The van der Waals surface area contributed by atoms with Crippen molar-refractivity contribution in [2.24, 2.45) is 0 Å². The first-order valence-corrected chi connectivity index (χ1v) is 7.53. The van der Waals surface area contributed by atoms with E-state index in [9.17, 15) is 9.90 Å². The van der Waals surface area contributed by atoms with Crippen LogP contribution in [0.5, 0.6) is 0 Å². The summed E-state index contributed by atoms with van der Waals surface area (Å²) in [6.45, 7) is 4.29. The third-order valence-electron chi connectivity index (χ3n) is 3.69. The number of hydrogen-bond donors (Lipinski definition) is 2. The zero-order chi connectivity index (χ0) is 15.1. The average Bonchev–Trinajstić information content (AvgIpc) is 2.64. The molecule has 0 aromatic heterocycles. The maximum atomic E-state index is 11.3. The van der Waals surface area contributed by atoms with Crippen LogP contribution in [0, 0.1) is 0 Å². The number of rotatable bonds is 6. The van der Waals surface area contributed by atoms with Crippen molar-refractivity contribution < 1.29 is 9.90 Å². The smallest absolute Gasteiger partial charge is 0.221 e. The van der Waals surface area contributed by atoms with Crippen LogP contribution in [0.3, 0.4) is 0 Å². The second-order valence-corrected chi connectivity index (χ2v) is 5.74. The van der Waals surface area contributed by atoms with Gasteiger partial charge in [-0.25, -0.2) is 0 Å². The van der Waals surface area contributed by atoms with Crippen molar-refractivity contribution in [3.8, 4) is 0 Å². The van der Waals surface area contributed by atoms with Gasteiger partial charge in [0.25, 0.3) is 0 Å². The molecule has 0 aliphatic carbocycles. The minimum Gasteiger partial charge on any atom is -0.390 e. The molecule has 0 saturated carbocycles. The van der Waals surface area contributed by atoms with Crippen LogP contribution in [-0.4, -0.2) is 66.7 Å². The first-order valence-electron chi connectivity index (χ1n) is 7.53. The molecule has 116 valence electrons. The number of carbonyl (C=O) groups excluding carboxylic acids is 1. The Kier molecular flexibility index (Phi) is 6.17. The highest BCUT2D eigenvalue weighted by atomic mass is 16.3. The predicted molar refractivity (Wildman–Crippen MR) is 82.8 cm³/mol. The normalized spacial score (nSPS) is 18.3. The number of nitrogens with zero attached hydrogens (tertiary/aromatic N) is 2. The van der Waals surface area contributed by atoms with Crippen LogP contribution in [0.4, 0.5) is 0 Å². The SMILES string of the molecule is CN(Cc1ccccc1)CC(O)CN1CCNC(=O)CC1. The average molecular weight is 291 g/mol. The number of carbonyl (C=O) groups is 1. The molecule has 1 heterocycles. The van der Waals surface area contributed by atoms with E-state index in [0.717, 1.165) is 19.6 Å². The van der Waals surface area contributed by atoms with Gasteiger partial charge in [-0.15, -0.1) is 0 Å². The van der Waals surface area contributed by atoms with Crippen molar-refractivity contribution in [1.82, 2.24) is 15.1 Å². The summed E-state index contributed by atoms with van der Waals surface area (Å²) < 4.78 is 0. The van der Waals surface area contributed by atoms with E-state index in [1.54, 1.807) is 0 Å². The van der Waals surface area contributed by atoms with Gasteiger partial charge in [-0.2, -0.15) is 0 Å². The van der Waals surface area contributed by atoms with Crippen LogP contribution in [0.2, 0.25) is 0 Å². The number of β-amino-alcohol motifs (C(OH)–C–C–N with tert-alkyl or cyclic N) is 1. The number of benzene rings is 1. The van der Waals surface area contributed by atoms with E-state index in [0.29, 0.717) is 26.1 Å². The van der Waals surface area contributed by atoms with Gasteiger partial charge in [0.15, 0.2) is 0 Å². The second kappa shape index (κ2) is 8.12. The molecule has 1 aliphatic heterocycles. The lowest BCUT2D eigenvalue weighted by atomic mass is 10.2. The zero-order valence-corrected chi connectivity index (χ0v) is 12.7. The van der Waals surface area contributed by atoms with Gasteiger partial charge in [0.1, 0.15) is 0 Å². The van der Waals surface area contributed by atoms with E-state index in [4.69, 9.17) is 0 Å². The van der Waals surface area contributed by atoms with Gasteiger partial charge in [0.2, 0.25) is 5.91 Å². The highest BCUT2D eigenvalue weighted by Gasteiger charge is 2.17. The summed E-state index contributed by atoms with van der Waals surface area (Å²) in [5, 5.41) is 13.1. The van der Waals surface area contributed by atoms with Crippen LogP contribution < -0.4 is 5.32 Å². The van der Waals surface area contributed by atoms with E-state index in [1.165, 1.54) is 5.56 Å². The lowest BCUT2D eigenvalue weighted by Gasteiger charge is -2.26. The van der Waals surface area contributed by atoms with Crippen LogP contribution >= 0.6 is 0 Å². The molecule has 1 saturated heterocycles. The number of likely N-dealkylation sites (N-methyl/N-ethyl adjacent to an activating group) is 1. The fourth-order valence-corrected chi connectivity index (χ4v) is 2.67. The van der Waals surface area contributed by atoms with Crippen molar-refractivity contribution in [3.63, 3.8) is 0 Å². The summed E-state index contributed by atoms with van der Waals surface area (Å²) in [5.74, 6) is 0.105. The maximum Gasteiger partial charge on any atom is 0.221 e.